The van der Waals surface area contributed by atoms with Gasteiger partial charge in [-0.1, -0.05) is 264 Å². The van der Waals surface area contributed by atoms with Crippen LogP contribution in [0.15, 0.2) is 261 Å². The van der Waals surface area contributed by atoms with Gasteiger partial charge in [0.05, 0.1) is 11.0 Å². The number of rotatable bonds is 8. The van der Waals surface area contributed by atoms with Gasteiger partial charge in [-0.05, 0) is 225 Å². The minimum absolute atomic E-state index is 0.0136. The van der Waals surface area contributed by atoms with Crippen molar-refractivity contribution in [1.82, 2.24) is 4.57 Å². The lowest BCUT2D eigenvalue weighted by molar-refractivity contribution is 0.332. The molecule has 12 aromatic carbocycles. The lowest BCUT2D eigenvalue weighted by Gasteiger charge is -2.44. The van der Waals surface area contributed by atoms with Crippen LogP contribution in [0.3, 0.4) is 0 Å². The first-order valence-electron chi connectivity index (χ1n) is 35.0. The van der Waals surface area contributed by atoms with E-state index in [4.69, 9.17) is 0 Å². The SMILES string of the molecule is CC(C)(C)c1cccc(-c2ccc3c(c2)B2c4ccc(-n5c6ccccc6c6cc(-c7ccccc7)ccc65)cc4N(c4ccc(-c5ccc6c(c5)C(C)(C)CCC6(C)C)cc4)c4cc(-c5ccccc5)cc(c42)N3c2ccc(-c3ccc4c(c3)C(C)(C)CCC4(C)C)cc2)c1. The molecule has 0 unspecified atom stereocenters. The average molecular weight is 1240 g/mol. The molecule has 470 valence electrons. The summed E-state index contributed by atoms with van der Waals surface area (Å²) in [6.45, 7) is 26.3. The zero-order chi connectivity index (χ0) is 65.8. The maximum absolute atomic E-state index is 2.62. The Morgan fingerprint density at radius 1 is 0.292 bits per heavy atom. The van der Waals surface area contributed by atoms with Gasteiger partial charge in [-0.2, -0.15) is 0 Å². The predicted octanol–water partition coefficient (Wildman–Crippen LogP) is 23.2. The molecule has 0 atom stereocenters. The van der Waals surface area contributed by atoms with E-state index in [1.807, 2.05) is 0 Å². The molecular formula is C92H84BN3. The van der Waals surface area contributed by atoms with Crippen molar-refractivity contribution in [1.29, 1.82) is 0 Å². The molecule has 0 saturated carbocycles. The maximum atomic E-state index is 2.62. The fourth-order valence-electron chi connectivity index (χ4n) is 17.0. The van der Waals surface area contributed by atoms with E-state index in [2.05, 4.69) is 351 Å². The molecule has 4 heteroatoms. The van der Waals surface area contributed by atoms with Crippen LogP contribution in [-0.4, -0.2) is 11.3 Å². The lowest BCUT2D eigenvalue weighted by atomic mass is 9.33. The topological polar surface area (TPSA) is 11.4 Å². The minimum atomic E-state index is -0.131. The number of fused-ring (bicyclic) bond motifs is 9. The van der Waals surface area contributed by atoms with E-state index in [1.165, 1.54) is 170 Å². The molecule has 4 aliphatic rings. The second-order valence-electron chi connectivity index (χ2n) is 31.8. The van der Waals surface area contributed by atoms with Crippen LogP contribution in [0.25, 0.3) is 83.1 Å². The fraction of sp³-hybridized carbons (Fsp3) is 0.217. The number of benzene rings is 12. The van der Waals surface area contributed by atoms with Gasteiger partial charge in [-0.3, -0.25) is 0 Å². The van der Waals surface area contributed by atoms with Crippen molar-refractivity contribution < 1.29 is 0 Å². The van der Waals surface area contributed by atoms with Gasteiger partial charge in [-0.15, -0.1) is 0 Å². The summed E-state index contributed by atoms with van der Waals surface area (Å²) >= 11 is 0. The fourth-order valence-corrected chi connectivity index (χ4v) is 17.0. The van der Waals surface area contributed by atoms with Gasteiger partial charge in [0.1, 0.15) is 0 Å². The smallest absolute Gasteiger partial charge is 0.252 e. The van der Waals surface area contributed by atoms with Crippen LogP contribution in [0.1, 0.15) is 130 Å². The summed E-state index contributed by atoms with van der Waals surface area (Å²) in [6.07, 6.45) is 4.74. The molecule has 0 radical (unpaired) electrons. The molecule has 13 aromatic rings. The zero-order valence-corrected chi connectivity index (χ0v) is 57.6. The number of para-hydroxylation sites is 1. The summed E-state index contributed by atoms with van der Waals surface area (Å²) in [5.41, 5.74) is 34.2. The average Bonchev–Trinajstić information content (AvgIpc) is 0.734. The first kappa shape index (κ1) is 59.8. The second-order valence-corrected chi connectivity index (χ2v) is 31.8. The van der Waals surface area contributed by atoms with Crippen molar-refractivity contribution in [2.45, 2.75) is 129 Å². The van der Waals surface area contributed by atoms with Crippen molar-refractivity contribution in [2.24, 2.45) is 0 Å². The van der Waals surface area contributed by atoms with Gasteiger partial charge >= 0.3 is 0 Å². The van der Waals surface area contributed by atoms with E-state index in [9.17, 15) is 0 Å². The molecule has 96 heavy (non-hydrogen) atoms. The van der Waals surface area contributed by atoms with Gasteiger partial charge in [0.2, 0.25) is 0 Å². The first-order valence-corrected chi connectivity index (χ1v) is 35.0. The van der Waals surface area contributed by atoms with Gasteiger partial charge in [-0.25, -0.2) is 0 Å². The highest BCUT2D eigenvalue weighted by molar-refractivity contribution is 7.00. The van der Waals surface area contributed by atoms with E-state index in [0.717, 1.165) is 17.1 Å². The molecule has 1 aromatic heterocycles. The van der Waals surface area contributed by atoms with E-state index in [1.54, 1.807) is 0 Å². The Morgan fingerprint density at radius 2 is 0.729 bits per heavy atom. The molecule has 0 fully saturated rings. The molecular weight excluding hydrogens is 1160 g/mol. The van der Waals surface area contributed by atoms with Crippen molar-refractivity contribution in [3.05, 3.63) is 289 Å². The van der Waals surface area contributed by atoms with E-state index in [0.29, 0.717) is 0 Å². The summed E-state index contributed by atoms with van der Waals surface area (Å²) < 4.78 is 2.51. The standard InChI is InChI=1S/C92H84BN3/c1-88(2,3)69-26-20-25-63(51-69)67-36-46-83-80(55-67)93-79-44-41-72(96-81-28-19-18-27-73(81)74-52-64(35-45-82(74)96)59-21-14-12-15-22-59)58-84(79)95(71-39-31-62(32-40-71)66-34-43-76-78(54-66)92(10,11)50-48-90(76,6)7)86-57-68(60-23-16-13-17-24-60)56-85(87(86)93)94(83)70-37-29-61(30-38-70)65-33-42-75-77(53-65)91(8,9)49-47-89(75,4)5/h12-46,51-58H,47-50H2,1-11H3. The Hall–Kier alpha value is -9.90. The van der Waals surface area contributed by atoms with Gasteiger partial charge in [0, 0.05) is 50.6 Å². The normalized spacial score (nSPS) is 16.2. The molecule has 2 aliphatic carbocycles. The van der Waals surface area contributed by atoms with Crippen molar-refractivity contribution in [2.75, 3.05) is 9.80 Å². The third-order valence-corrected chi connectivity index (χ3v) is 22.9. The first-order chi connectivity index (χ1) is 46.2. The van der Waals surface area contributed by atoms with Crippen LogP contribution < -0.4 is 26.2 Å². The number of nitrogens with zero attached hydrogens (tertiary/aromatic N) is 3. The van der Waals surface area contributed by atoms with Crippen LogP contribution in [0.5, 0.6) is 0 Å². The third kappa shape index (κ3) is 9.75. The number of aromatic nitrogens is 1. The molecule has 0 N–H and O–H groups in total. The summed E-state index contributed by atoms with van der Waals surface area (Å²) in [5, 5.41) is 2.47. The van der Waals surface area contributed by atoms with Crippen LogP contribution >= 0.6 is 0 Å². The summed E-state index contributed by atoms with van der Waals surface area (Å²) in [5.74, 6) is 0. The predicted molar refractivity (Wildman–Crippen MR) is 411 cm³/mol. The number of anilines is 6. The lowest BCUT2D eigenvalue weighted by Crippen LogP contribution is -2.61. The minimum Gasteiger partial charge on any atom is -0.311 e. The van der Waals surface area contributed by atoms with Crippen molar-refractivity contribution in [3.63, 3.8) is 0 Å². The Morgan fingerprint density at radius 3 is 1.31 bits per heavy atom. The number of hydrogen-bond donors (Lipinski definition) is 0. The summed E-state index contributed by atoms with van der Waals surface area (Å²) in [4.78, 5) is 5.21. The molecule has 17 rings (SSSR count). The monoisotopic (exact) mass is 1240 g/mol. The van der Waals surface area contributed by atoms with E-state index < -0.39 is 0 Å². The molecule has 2 aliphatic heterocycles. The molecule has 0 spiro atoms. The third-order valence-electron chi connectivity index (χ3n) is 22.9. The largest absolute Gasteiger partial charge is 0.311 e. The molecule has 3 nitrogen and oxygen atoms in total. The molecule has 3 heterocycles. The Kier molecular flexibility index (Phi) is 13.6. The Labute approximate surface area is 568 Å². The molecule has 0 amide bonds. The highest BCUT2D eigenvalue weighted by Crippen LogP contribution is 2.52. The summed E-state index contributed by atoms with van der Waals surface area (Å²) in [7, 11) is 0. The number of hydrogen-bond acceptors (Lipinski definition) is 2. The Balaban J connectivity index is 0.909. The quantitative estimate of drug-likeness (QED) is 0.141. The Bertz CT molecular complexity index is 5270. The van der Waals surface area contributed by atoms with Crippen LogP contribution in [-0.2, 0) is 27.1 Å². The second kappa shape index (κ2) is 21.8. The van der Waals surface area contributed by atoms with Crippen LogP contribution in [0.4, 0.5) is 34.1 Å². The maximum Gasteiger partial charge on any atom is 0.252 e. The van der Waals surface area contributed by atoms with E-state index in [-0.39, 0.29) is 33.8 Å². The molecule has 0 bridgehead atoms. The van der Waals surface area contributed by atoms with Crippen LogP contribution in [0.2, 0.25) is 0 Å². The van der Waals surface area contributed by atoms with Gasteiger partial charge in [0.15, 0.2) is 0 Å². The van der Waals surface area contributed by atoms with Crippen LogP contribution in [0, 0.1) is 0 Å². The van der Waals surface area contributed by atoms with Gasteiger partial charge in [0.25, 0.3) is 6.71 Å². The van der Waals surface area contributed by atoms with Crippen molar-refractivity contribution in [3.8, 4) is 61.3 Å². The van der Waals surface area contributed by atoms with E-state index >= 15 is 0 Å². The highest BCUT2D eigenvalue weighted by atomic mass is 15.2. The molecule has 0 saturated heterocycles. The zero-order valence-electron chi connectivity index (χ0n) is 57.6. The highest BCUT2D eigenvalue weighted by Gasteiger charge is 2.45. The van der Waals surface area contributed by atoms with Gasteiger partial charge < -0.3 is 14.4 Å². The van der Waals surface area contributed by atoms with Crippen molar-refractivity contribution >= 4 is 79.0 Å². The summed E-state index contributed by atoms with van der Waals surface area (Å²) in [6, 6.07) is 101.